The zero-order valence-electron chi connectivity index (χ0n) is 10.4. The molecule has 0 spiro atoms. The van der Waals surface area contributed by atoms with E-state index < -0.39 is 6.04 Å². The van der Waals surface area contributed by atoms with Gasteiger partial charge in [0.25, 0.3) is 0 Å². The Hall–Kier alpha value is -0.940. The number of carbonyl (C=O) groups excluding carboxylic acids is 1. The highest BCUT2D eigenvalue weighted by Gasteiger charge is 2.20. The van der Waals surface area contributed by atoms with Crippen molar-refractivity contribution in [2.75, 3.05) is 0 Å². The van der Waals surface area contributed by atoms with Crippen molar-refractivity contribution in [1.29, 1.82) is 0 Å². The van der Waals surface area contributed by atoms with Gasteiger partial charge < -0.3 is 10.6 Å². The molecule has 0 aliphatic rings. The topological polar surface area (TPSA) is 59.2 Å². The van der Waals surface area contributed by atoms with Crippen LogP contribution in [0.3, 0.4) is 0 Å². The van der Waals surface area contributed by atoms with Crippen molar-refractivity contribution < 1.29 is 4.79 Å². The summed E-state index contributed by atoms with van der Waals surface area (Å²) in [5.74, 6) is -0.0343. The standard InChI is InChI=1S/C12H18BrN3O/c1-8(2)16(12(17)9(3)14)7-10-4-5-15-11(13)6-10/h4-6,8-9H,7,14H2,1-3H3. The molecule has 2 N–H and O–H groups in total. The second-order valence-corrected chi connectivity index (χ2v) is 5.15. The van der Waals surface area contributed by atoms with Crippen LogP contribution in [0.5, 0.6) is 0 Å². The zero-order valence-corrected chi connectivity index (χ0v) is 11.9. The summed E-state index contributed by atoms with van der Waals surface area (Å²) >= 11 is 3.32. The first kappa shape index (κ1) is 14.1. The van der Waals surface area contributed by atoms with Crippen molar-refractivity contribution in [1.82, 2.24) is 9.88 Å². The van der Waals surface area contributed by atoms with Crippen LogP contribution in [-0.2, 0) is 11.3 Å². The van der Waals surface area contributed by atoms with Crippen molar-refractivity contribution in [3.05, 3.63) is 28.5 Å². The third-order valence-electron chi connectivity index (χ3n) is 2.44. The Bertz CT molecular complexity index is 393. The number of amides is 1. The molecule has 5 heteroatoms. The average molecular weight is 300 g/mol. The van der Waals surface area contributed by atoms with Crippen LogP contribution in [0.1, 0.15) is 26.3 Å². The molecule has 1 aromatic heterocycles. The fourth-order valence-electron chi connectivity index (χ4n) is 1.51. The molecular weight excluding hydrogens is 282 g/mol. The number of pyridine rings is 1. The van der Waals surface area contributed by atoms with E-state index in [1.807, 2.05) is 26.0 Å². The van der Waals surface area contributed by atoms with E-state index in [1.54, 1.807) is 18.0 Å². The molecule has 0 bridgehead atoms. The van der Waals surface area contributed by atoms with Crippen LogP contribution in [0.15, 0.2) is 22.9 Å². The Morgan fingerprint density at radius 3 is 2.65 bits per heavy atom. The maximum absolute atomic E-state index is 11.9. The Kier molecular flexibility index (Phi) is 5.08. The van der Waals surface area contributed by atoms with Crippen molar-refractivity contribution in [3.8, 4) is 0 Å². The van der Waals surface area contributed by atoms with Crippen LogP contribution in [0.25, 0.3) is 0 Å². The highest BCUT2D eigenvalue weighted by atomic mass is 79.9. The summed E-state index contributed by atoms with van der Waals surface area (Å²) in [6.45, 7) is 6.23. The third kappa shape index (κ3) is 4.09. The van der Waals surface area contributed by atoms with Crippen LogP contribution in [0, 0.1) is 0 Å². The fraction of sp³-hybridized carbons (Fsp3) is 0.500. The number of carbonyl (C=O) groups is 1. The Morgan fingerprint density at radius 1 is 1.53 bits per heavy atom. The van der Waals surface area contributed by atoms with Crippen molar-refractivity contribution in [2.45, 2.75) is 39.4 Å². The van der Waals surface area contributed by atoms with E-state index >= 15 is 0 Å². The van der Waals surface area contributed by atoms with Crippen molar-refractivity contribution >= 4 is 21.8 Å². The number of aromatic nitrogens is 1. The monoisotopic (exact) mass is 299 g/mol. The van der Waals surface area contributed by atoms with Gasteiger partial charge in [-0.15, -0.1) is 0 Å². The quantitative estimate of drug-likeness (QED) is 0.864. The molecule has 0 aromatic carbocycles. The lowest BCUT2D eigenvalue weighted by Gasteiger charge is -2.28. The maximum Gasteiger partial charge on any atom is 0.239 e. The molecule has 1 atom stereocenters. The summed E-state index contributed by atoms with van der Waals surface area (Å²) in [5, 5.41) is 0. The van der Waals surface area contributed by atoms with Gasteiger partial charge in [0.1, 0.15) is 4.60 Å². The van der Waals surface area contributed by atoms with E-state index in [-0.39, 0.29) is 11.9 Å². The first-order chi connectivity index (χ1) is 7.91. The number of rotatable bonds is 4. The largest absolute Gasteiger partial charge is 0.335 e. The minimum Gasteiger partial charge on any atom is -0.335 e. The van der Waals surface area contributed by atoms with Gasteiger partial charge in [0, 0.05) is 18.8 Å². The van der Waals surface area contributed by atoms with Crippen molar-refractivity contribution in [2.24, 2.45) is 5.73 Å². The zero-order chi connectivity index (χ0) is 13.0. The van der Waals surface area contributed by atoms with E-state index in [4.69, 9.17) is 5.73 Å². The molecule has 1 heterocycles. The number of nitrogens with zero attached hydrogens (tertiary/aromatic N) is 2. The van der Waals surface area contributed by atoms with Crippen molar-refractivity contribution in [3.63, 3.8) is 0 Å². The van der Waals surface area contributed by atoms with Crippen LogP contribution in [0.2, 0.25) is 0 Å². The SMILES string of the molecule is CC(N)C(=O)N(Cc1ccnc(Br)c1)C(C)C. The highest BCUT2D eigenvalue weighted by Crippen LogP contribution is 2.13. The molecular formula is C12H18BrN3O. The molecule has 0 saturated carbocycles. The lowest BCUT2D eigenvalue weighted by Crippen LogP contribution is -2.45. The number of nitrogens with two attached hydrogens (primary N) is 1. The molecule has 0 aliphatic carbocycles. The Labute approximate surface area is 110 Å². The number of hydrogen-bond acceptors (Lipinski definition) is 3. The first-order valence-corrected chi connectivity index (χ1v) is 6.37. The van der Waals surface area contributed by atoms with Gasteiger partial charge in [-0.3, -0.25) is 4.79 Å². The Balaban J connectivity index is 2.84. The molecule has 1 amide bonds. The van der Waals surface area contributed by atoms with Gasteiger partial charge in [-0.2, -0.15) is 0 Å². The molecule has 94 valence electrons. The predicted octanol–water partition coefficient (Wildman–Crippen LogP) is 1.93. The van der Waals surface area contributed by atoms with Crippen LogP contribution >= 0.6 is 15.9 Å². The molecule has 0 radical (unpaired) electrons. The smallest absolute Gasteiger partial charge is 0.239 e. The van der Waals surface area contributed by atoms with Gasteiger partial charge in [-0.25, -0.2) is 4.98 Å². The minimum absolute atomic E-state index is 0.0343. The molecule has 1 rings (SSSR count). The van der Waals surface area contributed by atoms with E-state index in [2.05, 4.69) is 20.9 Å². The molecule has 0 saturated heterocycles. The summed E-state index contributed by atoms with van der Waals surface area (Å²) in [7, 11) is 0. The number of halogens is 1. The van der Waals surface area contributed by atoms with E-state index in [9.17, 15) is 4.79 Å². The molecule has 1 aromatic rings. The van der Waals surface area contributed by atoms with Gasteiger partial charge in [-0.1, -0.05) is 0 Å². The van der Waals surface area contributed by atoms with Crippen LogP contribution in [0.4, 0.5) is 0 Å². The van der Waals surface area contributed by atoms with Crippen LogP contribution in [-0.4, -0.2) is 27.9 Å². The summed E-state index contributed by atoms with van der Waals surface area (Å²) in [6, 6.07) is 3.46. The molecule has 17 heavy (non-hydrogen) atoms. The summed E-state index contributed by atoms with van der Waals surface area (Å²) in [6.07, 6.45) is 1.72. The molecule has 0 aliphatic heterocycles. The molecule has 1 unspecified atom stereocenters. The summed E-state index contributed by atoms with van der Waals surface area (Å²) in [4.78, 5) is 17.8. The van der Waals surface area contributed by atoms with Gasteiger partial charge in [0.15, 0.2) is 0 Å². The normalized spacial score (nSPS) is 12.6. The summed E-state index contributed by atoms with van der Waals surface area (Å²) < 4.78 is 0.770. The fourth-order valence-corrected chi connectivity index (χ4v) is 1.93. The average Bonchev–Trinajstić information content (AvgIpc) is 2.24. The number of hydrogen-bond donors (Lipinski definition) is 1. The van der Waals surface area contributed by atoms with E-state index in [0.29, 0.717) is 6.54 Å². The molecule has 0 fully saturated rings. The lowest BCUT2D eigenvalue weighted by molar-refractivity contribution is -0.134. The third-order valence-corrected chi connectivity index (χ3v) is 2.87. The predicted molar refractivity (Wildman–Crippen MR) is 71.3 cm³/mol. The second-order valence-electron chi connectivity index (χ2n) is 4.34. The maximum atomic E-state index is 11.9. The molecule has 4 nitrogen and oxygen atoms in total. The highest BCUT2D eigenvalue weighted by molar-refractivity contribution is 9.10. The van der Waals surface area contributed by atoms with Gasteiger partial charge in [0.05, 0.1) is 6.04 Å². The van der Waals surface area contributed by atoms with Gasteiger partial charge in [0.2, 0.25) is 5.91 Å². The van der Waals surface area contributed by atoms with E-state index in [0.717, 1.165) is 10.2 Å². The first-order valence-electron chi connectivity index (χ1n) is 5.58. The minimum atomic E-state index is -0.470. The lowest BCUT2D eigenvalue weighted by atomic mass is 10.2. The van der Waals surface area contributed by atoms with Gasteiger partial charge >= 0.3 is 0 Å². The summed E-state index contributed by atoms with van der Waals surface area (Å²) in [5.41, 5.74) is 6.68. The Morgan fingerprint density at radius 2 is 2.18 bits per heavy atom. The van der Waals surface area contributed by atoms with E-state index in [1.165, 1.54) is 0 Å². The second kappa shape index (κ2) is 6.12. The van der Waals surface area contributed by atoms with Gasteiger partial charge in [-0.05, 0) is 54.4 Å². The van der Waals surface area contributed by atoms with Crippen LogP contribution < -0.4 is 5.73 Å².